The van der Waals surface area contributed by atoms with E-state index in [1.54, 1.807) is 0 Å². The standard InChI is InChI=1S/C20H44N6.HI/c1-18(2)26(19(3)4)15-8-11-23-20(21-5)22-10-7-13-25-14-9-12-24(6)16-17-25;/h18-19H,7-17H2,1-6H3,(H2,21,22,23);1H. The van der Waals surface area contributed by atoms with Gasteiger partial charge in [0.05, 0.1) is 0 Å². The molecule has 1 aliphatic heterocycles. The van der Waals surface area contributed by atoms with Crippen LogP contribution < -0.4 is 10.6 Å². The van der Waals surface area contributed by atoms with Gasteiger partial charge in [0, 0.05) is 51.9 Å². The number of nitrogens with zero attached hydrogens (tertiary/aromatic N) is 4. The molecule has 0 bridgehead atoms. The van der Waals surface area contributed by atoms with Crippen molar-refractivity contribution in [3.63, 3.8) is 0 Å². The molecule has 0 saturated carbocycles. The number of rotatable bonds is 10. The summed E-state index contributed by atoms with van der Waals surface area (Å²) in [5, 5.41) is 6.90. The Kier molecular flexibility index (Phi) is 15.7. The van der Waals surface area contributed by atoms with Crippen molar-refractivity contribution in [1.29, 1.82) is 0 Å². The monoisotopic (exact) mass is 496 g/mol. The van der Waals surface area contributed by atoms with E-state index in [1.165, 1.54) is 45.6 Å². The molecule has 1 heterocycles. The van der Waals surface area contributed by atoms with Gasteiger partial charge in [0.25, 0.3) is 0 Å². The van der Waals surface area contributed by atoms with Gasteiger partial charge in [-0.1, -0.05) is 0 Å². The van der Waals surface area contributed by atoms with Gasteiger partial charge < -0.3 is 20.4 Å². The number of guanidine groups is 1. The van der Waals surface area contributed by atoms with Crippen molar-refractivity contribution >= 4 is 29.9 Å². The van der Waals surface area contributed by atoms with Gasteiger partial charge in [-0.3, -0.25) is 9.89 Å². The fraction of sp³-hybridized carbons (Fsp3) is 0.950. The molecule has 2 N–H and O–H groups in total. The minimum absolute atomic E-state index is 0. The summed E-state index contributed by atoms with van der Waals surface area (Å²) < 4.78 is 0. The van der Waals surface area contributed by atoms with Crippen LogP contribution in [0.5, 0.6) is 0 Å². The summed E-state index contributed by atoms with van der Waals surface area (Å²) in [5.74, 6) is 0.932. The van der Waals surface area contributed by atoms with Crippen LogP contribution in [0.1, 0.15) is 47.0 Å². The SMILES string of the molecule is CN=C(NCCCN1CCCN(C)CC1)NCCCN(C(C)C)C(C)C.I. The Morgan fingerprint density at radius 1 is 0.963 bits per heavy atom. The second-order valence-electron chi connectivity index (χ2n) is 8.06. The Morgan fingerprint density at radius 3 is 2.19 bits per heavy atom. The number of likely N-dealkylation sites (N-methyl/N-ethyl adjacent to an activating group) is 1. The Bertz CT molecular complexity index is 381. The average Bonchev–Trinajstić information content (AvgIpc) is 2.80. The van der Waals surface area contributed by atoms with Crippen LogP contribution in [0.3, 0.4) is 0 Å². The van der Waals surface area contributed by atoms with E-state index in [-0.39, 0.29) is 24.0 Å². The lowest BCUT2D eigenvalue weighted by molar-refractivity contribution is 0.173. The molecule has 0 aliphatic carbocycles. The maximum Gasteiger partial charge on any atom is 0.190 e. The molecule has 6 nitrogen and oxygen atoms in total. The summed E-state index contributed by atoms with van der Waals surface area (Å²) in [6, 6.07) is 1.21. The van der Waals surface area contributed by atoms with Crippen molar-refractivity contribution < 1.29 is 0 Å². The van der Waals surface area contributed by atoms with Gasteiger partial charge >= 0.3 is 0 Å². The van der Waals surface area contributed by atoms with E-state index < -0.39 is 0 Å². The molecule has 0 radical (unpaired) electrons. The number of nitrogens with one attached hydrogen (secondary N) is 2. The third kappa shape index (κ3) is 12.1. The third-order valence-electron chi connectivity index (χ3n) is 5.19. The first-order valence-corrected chi connectivity index (χ1v) is 10.5. The minimum Gasteiger partial charge on any atom is -0.356 e. The van der Waals surface area contributed by atoms with E-state index >= 15 is 0 Å². The molecule has 1 rings (SSSR count). The van der Waals surface area contributed by atoms with Gasteiger partial charge in [0.1, 0.15) is 0 Å². The summed E-state index contributed by atoms with van der Waals surface area (Å²) in [6.07, 6.45) is 3.59. The molecule has 0 aromatic carbocycles. The van der Waals surface area contributed by atoms with E-state index in [4.69, 9.17) is 0 Å². The fourth-order valence-corrected chi connectivity index (χ4v) is 3.63. The lowest BCUT2D eigenvalue weighted by atomic mass is 10.2. The molecule has 1 aliphatic rings. The fourth-order valence-electron chi connectivity index (χ4n) is 3.63. The van der Waals surface area contributed by atoms with E-state index in [0.717, 1.165) is 32.0 Å². The lowest BCUT2D eigenvalue weighted by Gasteiger charge is -2.30. The maximum absolute atomic E-state index is 4.34. The normalized spacial score (nSPS) is 17.3. The summed E-state index contributed by atoms with van der Waals surface area (Å²) in [5.41, 5.74) is 0. The predicted octanol–water partition coefficient (Wildman–Crippen LogP) is 2.31. The molecule has 0 aromatic rings. The zero-order chi connectivity index (χ0) is 19.4. The topological polar surface area (TPSA) is 46.1 Å². The van der Waals surface area contributed by atoms with E-state index in [0.29, 0.717) is 12.1 Å². The first-order valence-electron chi connectivity index (χ1n) is 10.5. The van der Waals surface area contributed by atoms with Gasteiger partial charge in [-0.25, -0.2) is 0 Å². The molecule has 0 spiro atoms. The number of aliphatic imine (C=N–C) groups is 1. The van der Waals surface area contributed by atoms with Gasteiger partial charge in [0.15, 0.2) is 5.96 Å². The zero-order valence-corrected chi connectivity index (χ0v) is 21.0. The maximum atomic E-state index is 4.34. The number of halogens is 1. The van der Waals surface area contributed by atoms with Crippen molar-refractivity contribution in [1.82, 2.24) is 25.3 Å². The summed E-state index contributed by atoms with van der Waals surface area (Å²) in [7, 11) is 4.08. The Morgan fingerprint density at radius 2 is 1.59 bits per heavy atom. The molecule has 0 aromatic heterocycles. The van der Waals surface area contributed by atoms with E-state index in [9.17, 15) is 0 Å². The van der Waals surface area contributed by atoms with Crippen LogP contribution in [0.25, 0.3) is 0 Å². The Balaban J connectivity index is 0.00000676. The van der Waals surface area contributed by atoms with Crippen LogP contribution in [-0.4, -0.2) is 99.2 Å². The number of hydrogen-bond donors (Lipinski definition) is 2. The van der Waals surface area contributed by atoms with E-state index in [2.05, 4.69) is 65.1 Å². The molecule has 0 unspecified atom stereocenters. The predicted molar refractivity (Wildman–Crippen MR) is 130 cm³/mol. The van der Waals surface area contributed by atoms with Gasteiger partial charge in [-0.15, -0.1) is 24.0 Å². The lowest BCUT2D eigenvalue weighted by Crippen LogP contribution is -2.42. The van der Waals surface area contributed by atoms with Crippen LogP contribution >= 0.6 is 24.0 Å². The van der Waals surface area contributed by atoms with Crippen LogP contribution in [-0.2, 0) is 0 Å². The van der Waals surface area contributed by atoms with Crippen LogP contribution in [0, 0.1) is 0 Å². The van der Waals surface area contributed by atoms with E-state index in [1.807, 2.05) is 7.05 Å². The first kappa shape index (κ1) is 26.9. The molecular formula is C20H45IN6. The molecule has 1 saturated heterocycles. The highest BCUT2D eigenvalue weighted by molar-refractivity contribution is 14.0. The molecule has 1 fully saturated rings. The smallest absolute Gasteiger partial charge is 0.190 e. The third-order valence-corrected chi connectivity index (χ3v) is 5.19. The van der Waals surface area contributed by atoms with Crippen molar-refractivity contribution in [3.05, 3.63) is 0 Å². The van der Waals surface area contributed by atoms with Crippen LogP contribution in [0.15, 0.2) is 4.99 Å². The molecule has 27 heavy (non-hydrogen) atoms. The van der Waals surface area contributed by atoms with Gasteiger partial charge in [-0.05, 0) is 73.6 Å². The van der Waals surface area contributed by atoms with Crippen LogP contribution in [0.2, 0.25) is 0 Å². The summed E-state index contributed by atoms with van der Waals surface area (Å²) >= 11 is 0. The molecular weight excluding hydrogens is 451 g/mol. The molecule has 0 atom stereocenters. The van der Waals surface area contributed by atoms with Gasteiger partial charge in [0.2, 0.25) is 0 Å². The summed E-state index contributed by atoms with van der Waals surface area (Å²) in [6.45, 7) is 18.2. The molecule has 162 valence electrons. The quantitative estimate of drug-likeness (QED) is 0.210. The van der Waals surface area contributed by atoms with Crippen molar-refractivity contribution in [2.24, 2.45) is 4.99 Å². The highest BCUT2D eigenvalue weighted by Crippen LogP contribution is 2.05. The average molecular weight is 497 g/mol. The van der Waals surface area contributed by atoms with Gasteiger partial charge in [-0.2, -0.15) is 0 Å². The zero-order valence-electron chi connectivity index (χ0n) is 18.6. The summed E-state index contributed by atoms with van der Waals surface area (Å²) in [4.78, 5) is 11.9. The highest BCUT2D eigenvalue weighted by atomic mass is 127. The minimum atomic E-state index is 0. The highest BCUT2D eigenvalue weighted by Gasteiger charge is 2.13. The van der Waals surface area contributed by atoms with Crippen LogP contribution in [0.4, 0.5) is 0 Å². The first-order chi connectivity index (χ1) is 12.4. The Hall–Kier alpha value is -0.120. The largest absolute Gasteiger partial charge is 0.356 e. The number of hydrogen-bond acceptors (Lipinski definition) is 4. The van der Waals surface area contributed by atoms with Crippen molar-refractivity contribution in [3.8, 4) is 0 Å². The molecule has 0 amide bonds. The van der Waals surface area contributed by atoms with Crippen molar-refractivity contribution in [2.75, 3.05) is 66.5 Å². The molecule has 7 heteroatoms. The van der Waals surface area contributed by atoms with Crippen molar-refractivity contribution in [2.45, 2.75) is 59.0 Å². The second kappa shape index (κ2) is 15.8. The second-order valence-corrected chi connectivity index (χ2v) is 8.06. The Labute approximate surface area is 185 Å².